The van der Waals surface area contributed by atoms with Gasteiger partial charge < -0.3 is 5.32 Å². The second-order valence-electron chi connectivity index (χ2n) is 9.55. The first-order valence-corrected chi connectivity index (χ1v) is 11.5. The van der Waals surface area contributed by atoms with E-state index in [1.54, 1.807) is 12.1 Å². The van der Waals surface area contributed by atoms with Gasteiger partial charge in [0.2, 0.25) is 5.67 Å². The summed E-state index contributed by atoms with van der Waals surface area (Å²) in [4.78, 5) is 0. The Labute approximate surface area is 198 Å². The molecule has 1 aliphatic heterocycles. The fourth-order valence-corrected chi connectivity index (χ4v) is 5.15. The minimum Gasteiger partial charge on any atom is -0.313 e. The molecule has 7 heteroatoms. The smallest absolute Gasteiger partial charge is 0.313 e. The second kappa shape index (κ2) is 9.91. The van der Waals surface area contributed by atoms with E-state index < -0.39 is 11.8 Å². The SMILES string of the molecule is C1CCC1.CC(F)(c1ccc2c(c1)CCC1NCCC21Cc1cccc(F)c1)C(F)(F)F.Cl. The zero-order chi connectivity index (χ0) is 23.0. The summed E-state index contributed by atoms with van der Waals surface area (Å²) in [5.41, 5.74) is -1.48. The van der Waals surface area contributed by atoms with Crippen LogP contribution in [0.1, 0.15) is 67.7 Å². The number of benzene rings is 2. The maximum atomic E-state index is 14.5. The van der Waals surface area contributed by atoms with Crippen LogP contribution >= 0.6 is 12.4 Å². The average Bonchev–Trinajstić information content (AvgIpc) is 3.09. The van der Waals surface area contributed by atoms with Crippen molar-refractivity contribution >= 4 is 12.4 Å². The van der Waals surface area contributed by atoms with Crippen LogP contribution in [0, 0.1) is 5.82 Å². The summed E-state index contributed by atoms with van der Waals surface area (Å²) in [7, 11) is 0. The summed E-state index contributed by atoms with van der Waals surface area (Å²) in [5, 5.41) is 3.50. The number of halogens is 6. The molecule has 1 heterocycles. The van der Waals surface area contributed by atoms with Crippen LogP contribution < -0.4 is 5.32 Å². The first-order chi connectivity index (χ1) is 15.1. The van der Waals surface area contributed by atoms with Crippen molar-refractivity contribution in [3.8, 4) is 0 Å². The van der Waals surface area contributed by atoms with Crippen LogP contribution in [0.4, 0.5) is 22.0 Å². The van der Waals surface area contributed by atoms with Gasteiger partial charge in [-0.05, 0) is 73.5 Å². The summed E-state index contributed by atoms with van der Waals surface area (Å²) in [6.07, 6.45) is 3.81. The molecule has 1 N–H and O–H groups in total. The quantitative estimate of drug-likeness (QED) is 0.446. The molecular weight excluding hydrogens is 457 g/mol. The maximum Gasteiger partial charge on any atom is 0.426 e. The molecule has 33 heavy (non-hydrogen) atoms. The molecule has 0 amide bonds. The minimum absolute atomic E-state index is 0. The number of fused-ring (bicyclic) bond motifs is 3. The summed E-state index contributed by atoms with van der Waals surface area (Å²) in [6.45, 7) is 1.37. The molecule has 2 aliphatic carbocycles. The molecular formula is C26H31ClF5N. The summed E-state index contributed by atoms with van der Waals surface area (Å²) >= 11 is 0. The normalized spacial score (nSPS) is 25.3. The zero-order valence-corrected chi connectivity index (χ0v) is 19.6. The summed E-state index contributed by atoms with van der Waals surface area (Å²) in [5.74, 6) is -0.304. The topological polar surface area (TPSA) is 12.0 Å². The number of rotatable bonds is 3. The fourth-order valence-electron chi connectivity index (χ4n) is 5.15. The van der Waals surface area contributed by atoms with Crippen LogP contribution in [0.25, 0.3) is 0 Å². The van der Waals surface area contributed by atoms with Gasteiger partial charge in [-0.1, -0.05) is 56.0 Å². The van der Waals surface area contributed by atoms with Crippen molar-refractivity contribution in [3.63, 3.8) is 0 Å². The Bertz CT molecular complexity index is 950. The van der Waals surface area contributed by atoms with Crippen molar-refractivity contribution in [1.29, 1.82) is 0 Å². The summed E-state index contributed by atoms with van der Waals surface area (Å²) < 4.78 is 67.6. The fraction of sp³-hybridized carbons (Fsp3) is 0.538. The Morgan fingerprint density at radius 1 is 1.00 bits per heavy atom. The van der Waals surface area contributed by atoms with Crippen LogP contribution in [0.15, 0.2) is 42.5 Å². The van der Waals surface area contributed by atoms with E-state index in [0.717, 1.165) is 36.1 Å². The van der Waals surface area contributed by atoms with Crippen molar-refractivity contribution in [2.75, 3.05) is 6.54 Å². The Balaban J connectivity index is 0.000000555. The lowest BCUT2D eigenvalue weighted by Crippen LogP contribution is -2.46. The van der Waals surface area contributed by atoms with E-state index in [2.05, 4.69) is 5.32 Å². The molecule has 0 bridgehead atoms. The molecule has 1 nitrogen and oxygen atoms in total. The lowest BCUT2D eigenvalue weighted by molar-refractivity contribution is -0.228. The van der Waals surface area contributed by atoms with E-state index >= 15 is 0 Å². The van der Waals surface area contributed by atoms with Gasteiger partial charge in [-0.2, -0.15) is 13.2 Å². The largest absolute Gasteiger partial charge is 0.426 e. The number of nitrogens with one attached hydrogen (secondary N) is 1. The van der Waals surface area contributed by atoms with Crippen LogP contribution in [-0.4, -0.2) is 18.8 Å². The van der Waals surface area contributed by atoms with Gasteiger partial charge in [0.25, 0.3) is 0 Å². The van der Waals surface area contributed by atoms with Gasteiger partial charge in [-0.15, -0.1) is 12.4 Å². The van der Waals surface area contributed by atoms with Crippen LogP contribution in [0.3, 0.4) is 0 Å². The molecule has 0 aromatic heterocycles. The van der Waals surface area contributed by atoms with Gasteiger partial charge in [0, 0.05) is 11.5 Å². The molecule has 5 rings (SSSR count). The van der Waals surface area contributed by atoms with E-state index in [1.165, 1.54) is 49.9 Å². The van der Waals surface area contributed by atoms with E-state index in [4.69, 9.17) is 0 Å². The lowest BCUT2D eigenvalue weighted by atomic mass is 9.63. The van der Waals surface area contributed by atoms with Gasteiger partial charge in [0.15, 0.2) is 0 Å². The van der Waals surface area contributed by atoms with Crippen molar-refractivity contribution in [2.24, 2.45) is 0 Å². The van der Waals surface area contributed by atoms with E-state index in [0.29, 0.717) is 19.8 Å². The first-order valence-electron chi connectivity index (χ1n) is 11.5. The van der Waals surface area contributed by atoms with E-state index in [9.17, 15) is 22.0 Å². The zero-order valence-electron chi connectivity index (χ0n) is 18.8. The molecule has 1 saturated heterocycles. The predicted molar refractivity (Wildman–Crippen MR) is 123 cm³/mol. The Morgan fingerprint density at radius 2 is 1.70 bits per heavy atom. The highest BCUT2D eigenvalue weighted by Crippen LogP contribution is 2.48. The molecule has 0 radical (unpaired) electrons. The second-order valence-corrected chi connectivity index (χ2v) is 9.55. The molecule has 2 aromatic carbocycles. The van der Waals surface area contributed by atoms with Crippen LogP contribution in [0.2, 0.25) is 0 Å². The Kier molecular flexibility index (Phi) is 7.79. The van der Waals surface area contributed by atoms with Gasteiger partial charge in [0.1, 0.15) is 5.82 Å². The van der Waals surface area contributed by atoms with Gasteiger partial charge >= 0.3 is 6.18 Å². The van der Waals surface area contributed by atoms with Crippen molar-refractivity contribution in [2.45, 2.75) is 81.6 Å². The first kappa shape index (κ1) is 26.0. The number of hydrogen-bond acceptors (Lipinski definition) is 1. The Morgan fingerprint density at radius 3 is 2.30 bits per heavy atom. The maximum absolute atomic E-state index is 14.5. The third kappa shape index (κ3) is 5.07. The van der Waals surface area contributed by atoms with E-state index in [-0.39, 0.29) is 35.2 Å². The van der Waals surface area contributed by atoms with Gasteiger partial charge in [-0.25, -0.2) is 8.78 Å². The van der Waals surface area contributed by atoms with Crippen LogP contribution in [0.5, 0.6) is 0 Å². The predicted octanol–water partition coefficient (Wildman–Crippen LogP) is 7.34. The van der Waals surface area contributed by atoms with Gasteiger partial charge in [0.05, 0.1) is 0 Å². The molecule has 2 aromatic rings. The van der Waals surface area contributed by atoms with Crippen molar-refractivity contribution in [1.82, 2.24) is 5.32 Å². The standard InChI is InChI=1S/C22H22F5N.C4H8.ClH/c1-20(24,22(25,26)27)16-6-7-18-15(12-16)5-8-19-21(18,9-10-28-19)13-14-3-2-4-17(23)11-14;1-2-4-3-1;/h2-4,6-7,11-12,19,28H,5,8-10,13H2,1H3;1-4H2;1H. The Hall–Kier alpha value is -1.66. The highest BCUT2D eigenvalue weighted by Gasteiger charge is 2.54. The minimum atomic E-state index is -4.97. The average molecular weight is 488 g/mol. The molecule has 3 aliphatic rings. The molecule has 0 spiro atoms. The monoisotopic (exact) mass is 487 g/mol. The molecule has 182 valence electrons. The third-order valence-corrected chi connectivity index (χ3v) is 7.46. The number of hydrogen-bond donors (Lipinski definition) is 1. The lowest BCUT2D eigenvalue weighted by Gasteiger charge is -2.42. The summed E-state index contributed by atoms with van der Waals surface area (Å²) in [6, 6.07) is 10.9. The molecule has 2 fully saturated rings. The molecule has 1 saturated carbocycles. The van der Waals surface area contributed by atoms with Gasteiger partial charge in [-0.3, -0.25) is 0 Å². The van der Waals surface area contributed by atoms with Crippen LogP contribution in [-0.2, 0) is 23.9 Å². The highest BCUT2D eigenvalue weighted by atomic mass is 35.5. The number of aryl methyl sites for hydroxylation is 1. The van der Waals surface area contributed by atoms with E-state index in [1.807, 2.05) is 6.07 Å². The molecule has 3 unspecified atom stereocenters. The number of alkyl halides is 4. The van der Waals surface area contributed by atoms with Crippen molar-refractivity contribution in [3.05, 3.63) is 70.5 Å². The van der Waals surface area contributed by atoms with Crippen molar-refractivity contribution < 1.29 is 22.0 Å². The highest BCUT2D eigenvalue weighted by molar-refractivity contribution is 5.85. The third-order valence-electron chi connectivity index (χ3n) is 7.46. The molecule has 3 atom stereocenters.